The van der Waals surface area contributed by atoms with Crippen LogP contribution in [0.1, 0.15) is 29.9 Å². The smallest absolute Gasteiger partial charge is 0.407 e. The number of amides is 2. The number of aliphatic carboxylic acids is 1. The van der Waals surface area contributed by atoms with Gasteiger partial charge in [-0.3, -0.25) is 9.59 Å². The van der Waals surface area contributed by atoms with Crippen molar-refractivity contribution in [3.05, 3.63) is 59.7 Å². The fourth-order valence-electron chi connectivity index (χ4n) is 4.99. The molecule has 2 amide bonds. The lowest BCUT2D eigenvalue weighted by Crippen LogP contribution is -2.52. The summed E-state index contributed by atoms with van der Waals surface area (Å²) in [5.41, 5.74) is 4.58. The van der Waals surface area contributed by atoms with Gasteiger partial charge in [0.25, 0.3) is 0 Å². The van der Waals surface area contributed by atoms with Crippen LogP contribution in [0, 0.1) is 11.8 Å². The number of carboxylic acids is 1. The van der Waals surface area contributed by atoms with E-state index >= 15 is 0 Å². The van der Waals surface area contributed by atoms with Crippen molar-refractivity contribution in [3.63, 3.8) is 0 Å². The van der Waals surface area contributed by atoms with Gasteiger partial charge in [0, 0.05) is 12.0 Å². The van der Waals surface area contributed by atoms with Gasteiger partial charge < -0.3 is 25.2 Å². The summed E-state index contributed by atoms with van der Waals surface area (Å²) in [5, 5.41) is 14.6. The number of carbonyl (C=O) groups excluding carboxylic acids is 2. The van der Waals surface area contributed by atoms with Gasteiger partial charge in [-0.1, -0.05) is 48.5 Å². The molecule has 2 aromatic carbocycles. The number of alkyl carbamates (subject to hydrolysis) is 1. The molecule has 2 fully saturated rings. The Bertz CT molecular complexity index is 1030. The molecule has 8 heteroatoms. The maximum Gasteiger partial charge on any atom is 0.407 e. The van der Waals surface area contributed by atoms with Crippen molar-refractivity contribution >= 4 is 18.0 Å². The van der Waals surface area contributed by atoms with Crippen LogP contribution >= 0.6 is 0 Å². The lowest BCUT2D eigenvalue weighted by atomic mass is 9.80. The van der Waals surface area contributed by atoms with E-state index < -0.39 is 29.9 Å². The van der Waals surface area contributed by atoms with E-state index in [1.807, 2.05) is 24.3 Å². The summed E-state index contributed by atoms with van der Waals surface area (Å²) < 4.78 is 11.0. The number of carboxylic acid groups (broad SMARTS) is 1. The molecule has 2 aromatic rings. The first-order chi connectivity index (χ1) is 16.0. The Kier molecular flexibility index (Phi) is 5.76. The normalized spacial score (nSPS) is 25.5. The average molecular weight is 450 g/mol. The molecule has 1 heterocycles. The Balaban J connectivity index is 1.16. The molecule has 172 valence electrons. The molecule has 8 nitrogen and oxygen atoms in total. The zero-order valence-electron chi connectivity index (χ0n) is 18.0. The van der Waals surface area contributed by atoms with Gasteiger partial charge in [-0.15, -0.1) is 0 Å². The second-order valence-electron chi connectivity index (χ2n) is 8.93. The number of carbonyl (C=O) groups is 3. The van der Waals surface area contributed by atoms with Gasteiger partial charge in [0.1, 0.15) is 6.61 Å². The van der Waals surface area contributed by atoms with Crippen molar-refractivity contribution in [2.24, 2.45) is 11.8 Å². The highest BCUT2D eigenvalue weighted by Crippen LogP contribution is 2.44. The Morgan fingerprint density at radius 3 is 2.21 bits per heavy atom. The fraction of sp³-hybridized carbons (Fsp3) is 0.400. The van der Waals surface area contributed by atoms with E-state index in [-0.39, 0.29) is 37.7 Å². The van der Waals surface area contributed by atoms with Crippen molar-refractivity contribution in [2.45, 2.75) is 30.8 Å². The van der Waals surface area contributed by atoms with Crippen LogP contribution in [-0.4, -0.2) is 55.0 Å². The molecule has 2 unspecified atom stereocenters. The van der Waals surface area contributed by atoms with Crippen LogP contribution in [0.25, 0.3) is 11.1 Å². The number of benzene rings is 2. The number of fused-ring (bicyclic) bond motifs is 3. The Morgan fingerprint density at radius 2 is 1.58 bits per heavy atom. The van der Waals surface area contributed by atoms with Gasteiger partial charge in [0.15, 0.2) is 0 Å². The average Bonchev–Trinajstić information content (AvgIpc) is 3.36. The van der Waals surface area contributed by atoms with Crippen LogP contribution in [0.5, 0.6) is 0 Å². The van der Waals surface area contributed by atoms with Crippen molar-refractivity contribution in [1.82, 2.24) is 10.6 Å². The van der Waals surface area contributed by atoms with E-state index in [2.05, 4.69) is 34.9 Å². The second-order valence-corrected chi connectivity index (χ2v) is 8.93. The monoisotopic (exact) mass is 450 g/mol. The van der Waals surface area contributed by atoms with Crippen LogP contribution < -0.4 is 10.6 Å². The summed E-state index contributed by atoms with van der Waals surface area (Å²) in [4.78, 5) is 36.1. The fourth-order valence-corrected chi connectivity index (χ4v) is 4.99. The van der Waals surface area contributed by atoms with E-state index in [4.69, 9.17) is 14.6 Å². The molecule has 33 heavy (non-hydrogen) atoms. The number of hydrogen-bond donors (Lipinski definition) is 3. The minimum absolute atomic E-state index is 0.0390. The largest absolute Gasteiger partial charge is 0.481 e. The first-order valence-corrected chi connectivity index (χ1v) is 11.2. The minimum atomic E-state index is -0.834. The highest BCUT2D eigenvalue weighted by Gasteiger charge is 2.40. The third-order valence-corrected chi connectivity index (χ3v) is 6.90. The quantitative estimate of drug-likeness (QED) is 0.623. The standard InChI is InChI=1S/C25H26N2O6/c28-23(26-15-9-14(10-15)24(29)30)21-11-32-13-22(21)27-25(31)33-12-20-18-7-3-1-5-16(18)17-6-2-4-8-19(17)20/h1-8,14-15,20-22H,9-13H2,(H,26,28)(H,27,31)(H,29,30). The molecule has 5 rings (SSSR count). The van der Waals surface area contributed by atoms with E-state index in [0.717, 1.165) is 22.3 Å². The van der Waals surface area contributed by atoms with Crippen molar-refractivity contribution in [2.75, 3.05) is 19.8 Å². The molecular formula is C25H26N2O6. The SMILES string of the molecule is O=C(NC1COCC1C(=O)NC1CC(C(=O)O)C1)OCC1c2ccccc2-c2ccccc21. The molecule has 2 atom stereocenters. The Hall–Kier alpha value is -3.39. The van der Waals surface area contributed by atoms with Gasteiger partial charge in [-0.05, 0) is 35.1 Å². The molecule has 0 aromatic heterocycles. The maximum absolute atomic E-state index is 12.6. The number of hydrogen-bond acceptors (Lipinski definition) is 5. The zero-order valence-corrected chi connectivity index (χ0v) is 18.0. The molecule has 0 spiro atoms. The predicted octanol–water partition coefficient (Wildman–Crippen LogP) is 2.52. The first-order valence-electron chi connectivity index (χ1n) is 11.2. The van der Waals surface area contributed by atoms with Crippen LogP contribution in [0.2, 0.25) is 0 Å². The molecule has 0 radical (unpaired) electrons. The lowest BCUT2D eigenvalue weighted by molar-refractivity contribution is -0.146. The van der Waals surface area contributed by atoms with E-state index in [1.54, 1.807) is 0 Å². The topological polar surface area (TPSA) is 114 Å². The summed E-state index contributed by atoms with van der Waals surface area (Å²) in [6, 6.07) is 15.6. The molecule has 3 N–H and O–H groups in total. The summed E-state index contributed by atoms with van der Waals surface area (Å²) in [5.74, 6) is -2.04. The minimum Gasteiger partial charge on any atom is -0.481 e. The van der Waals surface area contributed by atoms with Gasteiger partial charge in [-0.2, -0.15) is 0 Å². The third-order valence-electron chi connectivity index (χ3n) is 6.90. The van der Waals surface area contributed by atoms with E-state index in [9.17, 15) is 14.4 Å². The highest BCUT2D eigenvalue weighted by atomic mass is 16.5. The van der Waals surface area contributed by atoms with Gasteiger partial charge in [0.05, 0.1) is 31.1 Å². The molecule has 1 saturated carbocycles. The van der Waals surface area contributed by atoms with E-state index in [0.29, 0.717) is 12.8 Å². The van der Waals surface area contributed by atoms with Gasteiger partial charge in [0.2, 0.25) is 5.91 Å². The van der Waals surface area contributed by atoms with Crippen molar-refractivity contribution < 1.29 is 29.0 Å². The summed E-state index contributed by atoms with van der Waals surface area (Å²) in [6.07, 6.45) is 0.276. The predicted molar refractivity (Wildman–Crippen MR) is 119 cm³/mol. The Morgan fingerprint density at radius 1 is 0.939 bits per heavy atom. The Labute approximate surface area is 191 Å². The summed E-state index contributed by atoms with van der Waals surface area (Å²) in [6.45, 7) is 0.628. The van der Waals surface area contributed by atoms with Crippen LogP contribution in [0.3, 0.4) is 0 Å². The molecule has 2 aliphatic carbocycles. The number of ether oxygens (including phenoxy) is 2. The molecule has 3 aliphatic rings. The highest BCUT2D eigenvalue weighted by molar-refractivity contribution is 5.82. The number of rotatable bonds is 6. The number of nitrogens with one attached hydrogen (secondary N) is 2. The van der Waals surface area contributed by atoms with Crippen LogP contribution in [0.4, 0.5) is 4.79 Å². The van der Waals surface area contributed by atoms with Crippen molar-refractivity contribution in [3.8, 4) is 11.1 Å². The van der Waals surface area contributed by atoms with Crippen molar-refractivity contribution in [1.29, 1.82) is 0 Å². The molecule has 1 saturated heterocycles. The van der Waals surface area contributed by atoms with Crippen LogP contribution in [0.15, 0.2) is 48.5 Å². The molecular weight excluding hydrogens is 424 g/mol. The van der Waals surface area contributed by atoms with Gasteiger partial charge >= 0.3 is 12.1 Å². The molecule has 1 aliphatic heterocycles. The lowest BCUT2D eigenvalue weighted by Gasteiger charge is -2.34. The zero-order chi connectivity index (χ0) is 22.9. The van der Waals surface area contributed by atoms with Crippen LogP contribution in [-0.2, 0) is 19.1 Å². The second kappa shape index (κ2) is 8.86. The summed E-state index contributed by atoms with van der Waals surface area (Å²) >= 11 is 0. The summed E-state index contributed by atoms with van der Waals surface area (Å²) in [7, 11) is 0. The third kappa shape index (κ3) is 4.18. The maximum atomic E-state index is 12.6. The first kappa shape index (κ1) is 21.5. The van der Waals surface area contributed by atoms with Gasteiger partial charge in [-0.25, -0.2) is 4.79 Å². The van der Waals surface area contributed by atoms with E-state index in [1.165, 1.54) is 0 Å². The molecule has 0 bridgehead atoms.